The first-order chi connectivity index (χ1) is 8.52. The Bertz CT molecular complexity index is 447. The molecule has 18 heavy (non-hydrogen) atoms. The summed E-state index contributed by atoms with van der Waals surface area (Å²) >= 11 is 3.56. The third-order valence-corrected chi connectivity index (χ3v) is 4.32. The SMILES string of the molecule is CC1CN(c2ccc(C=O)cc2Br)CC1N(C)C. The molecule has 1 fully saturated rings. The zero-order chi connectivity index (χ0) is 13.3. The average Bonchev–Trinajstić information content (AvgIpc) is 2.71. The molecule has 2 atom stereocenters. The van der Waals surface area contributed by atoms with Gasteiger partial charge in [-0.25, -0.2) is 0 Å². The van der Waals surface area contributed by atoms with Crippen LogP contribution in [0.5, 0.6) is 0 Å². The van der Waals surface area contributed by atoms with Gasteiger partial charge in [0.05, 0.1) is 5.69 Å². The maximum Gasteiger partial charge on any atom is 0.150 e. The predicted octanol–water partition coefficient (Wildman–Crippen LogP) is 2.65. The van der Waals surface area contributed by atoms with Gasteiger partial charge in [-0.05, 0) is 54.1 Å². The topological polar surface area (TPSA) is 23.6 Å². The second kappa shape index (κ2) is 5.41. The van der Waals surface area contributed by atoms with Gasteiger partial charge in [0, 0.05) is 29.2 Å². The molecule has 1 aliphatic rings. The lowest BCUT2D eigenvalue weighted by Gasteiger charge is -2.23. The quantitative estimate of drug-likeness (QED) is 0.802. The predicted molar refractivity (Wildman–Crippen MR) is 78.4 cm³/mol. The molecule has 0 spiro atoms. The first kappa shape index (κ1) is 13.6. The summed E-state index contributed by atoms with van der Waals surface area (Å²) in [7, 11) is 4.27. The average molecular weight is 311 g/mol. The van der Waals surface area contributed by atoms with Crippen molar-refractivity contribution in [2.75, 3.05) is 32.1 Å². The van der Waals surface area contributed by atoms with Crippen LogP contribution in [-0.4, -0.2) is 44.4 Å². The van der Waals surface area contributed by atoms with Crippen molar-refractivity contribution < 1.29 is 4.79 Å². The Hall–Kier alpha value is -0.870. The molecule has 4 heteroatoms. The zero-order valence-electron chi connectivity index (χ0n) is 11.1. The van der Waals surface area contributed by atoms with Crippen molar-refractivity contribution in [3.05, 3.63) is 28.2 Å². The maximum atomic E-state index is 10.7. The number of likely N-dealkylation sites (N-methyl/N-ethyl adjacent to an activating group) is 1. The molecule has 0 radical (unpaired) electrons. The molecule has 0 aliphatic carbocycles. The zero-order valence-corrected chi connectivity index (χ0v) is 12.6. The maximum absolute atomic E-state index is 10.7. The van der Waals surface area contributed by atoms with Crippen LogP contribution < -0.4 is 4.90 Å². The van der Waals surface area contributed by atoms with E-state index < -0.39 is 0 Å². The fourth-order valence-electron chi connectivity index (χ4n) is 2.67. The summed E-state index contributed by atoms with van der Waals surface area (Å²) in [5.41, 5.74) is 1.89. The fourth-order valence-corrected chi connectivity index (χ4v) is 3.32. The van der Waals surface area contributed by atoms with E-state index in [1.807, 2.05) is 18.2 Å². The summed E-state index contributed by atoms with van der Waals surface area (Å²) in [5, 5.41) is 0. The Kier molecular flexibility index (Phi) is 4.07. The number of halogens is 1. The molecule has 0 N–H and O–H groups in total. The lowest BCUT2D eigenvalue weighted by atomic mass is 10.1. The van der Waals surface area contributed by atoms with Gasteiger partial charge in [-0.3, -0.25) is 4.79 Å². The Morgan fingerprint density at radius 1 is 1.39 bits per heavy atom. The van der Waals surface area contributed by atoms with E-state index in [0.29, 0.717) is 17.5 Å². The van der Waals surface area contributed by atoms with Crippen LogP contribution in [0.2, 0.25) is 0 Å². The van der Waals surface area contributed by atoms with Crippen LogP contribution in [0.15, 0.2) is 22.7 Å². The highest BCUT2D eigenvalue weighted by Crippen LogP contribution is 2.32. The van der Waals surface area contributed by atoms with Crippen LogP contribution in [0.4, 0.5) is 5.69 Å². The van der Waals surface area contributed by atoms with E-state index in [2.05, 4.69) is 46.7 Å². The van der Waals surface area contributed by atoms with Crippen molar-refractivity contribution in [2.45, 2.75) is 13.0 Å². The van der Waals surface area contributed by atoms with Crippen molar-refractivity contribution in [1.82, 2.24) is 4.90 Å². The van der Waals surface area contributed by atoms with E-state index in [1.54, 1.807) is 0 Å². The second-order valence-corrected chi connectivity index (χ2v) is 6.10. The number of rotatable bonds is 3. The summed E-state index contributed by atoms with van der Waals surface area (Å²) in [6, 6.07) is 6.37. The number of hydrogen-bond acceptors (Lipinski definition) is 3. The number of hydrogen-bond donors (Lipinski definition) is 0. The summed E-state index contributed by atoms with van der Waals surface area (Å²) in [6.45, 7) is 4.38. The smallest absolute Gasteiger partial charge is 0.150 e. The molecule has 0 amide bonds. The first-order valence-corrected chi connectivity index (χ1v) is 6.98. The molecule has 1 aromatic carbocycles. The molecule has 0 aromatic heterocycles. The molecule has 98 valence electrons. The van der Waals surface area contributed by atoms with E-state index in [1.165, 1.54) is 5.69 Å². The van der Waals surface area contributed by atoms with Crippen molar-refractivity contribution in [2.24, 2.45) is 5.92 Å². The van der Waals surface area contributed by atoms with Gasteiger partial charge in [-0.2, -0.15) is 0 Å². The number of anilines is 1. The summed E-state index contributed by atoms with van der Waals surface area (Å²) in [5.74, 6) is 0.651. The minimum absolute atomic E-state index is 0.586. The van der Waals surface area contributed by atoms with Crippen LogP contribution in [-0.2, 0) is 0 Å². The van der Waals surface area contributed by atoms with Crippen molar-refractivity contribution in [3.63, 3.8) is 0 Å². The number of benzene rings is 1. The Labute approximate surface area is 117 Å². The first-order valence-electron chi connectivity index (χ1n) is 6.19. The van der Waals surface area contributed by atoms with Crippen molar-refractivity contribution >= 4 is 27.9 Å². The highest BCUT2D eigenvalue weighted by molar-refractivity contribution is 9.10. The van der Waals surface area contributed by atoms with Crippen LogP contribution in [0.25, 0.3) is 0 Å². The van der Waals surface area contributed by atoms with Crippen LogP contribution in [0.1, 0.15) is 17.3 Å². The van der Waals surface area contributed by atoms with E-state index in [0.717, 1.165) is 23.8 Å². The van der Waals surface area contributed by atoms with Gasteiger partial charge in [0.1, 0.15) is 6.29 Å². The fraction of sp³-hybridized carbons (Fsp3) is 0.500. The van der Waals surface area contributed by atoms with Gasteiger partial charge in [-0.1, -0.05) is 6.92 Å². The van der Waals surface area contributed by atoms with Gasteiger partial charge in [-0.15, -0.1) is 0 Å². The van der Waals surface area contributed by atoms with Gasteiger partial charge in [0.25, 0.3) is 0 Å². The molecule has 1 heterocycles. The monoisotopic (exact) mass is 310 g/mol. The lowest BCUT2D eigenvalue weighted by molar-refractivity contribution is 0.112. The van der Waals surface area contributed by atoms with Crippen LogP contribution in [0.3, 0.4) is 0 Å². The van der Waals surface area contributed by atoms with Gasteiger partial charge in [0.15, 0.2) is 0 Å². The second-order valence-electron chi connectivity index (χ2n) is 5.24. The Morgan fingerprint density at radius 2 is 2.11 bits per heavy atom. The Morgan fingerprint density at radius 3 is 2.61 bits per heavy atom. The van der Waals surface area contributed by atoms with Gasteiger partial charge < -0.3 is 9.80 Å². The molecular weight excluding hydrogens is 292 g/mol. The van der Waals surface area contributed by atoms with Crippen LogP contribution in [0, 0.1) is 5.92 Å². The van der Waals surface area contributed by atoms with Gasteiger partial charge >= 0.3 is 0 Å². The Balaban J connectivity index is 2.21. The number of aldehydes is 1. The summed E-state index contributed by atoms with van der Waals surface area (Å²) < 4.78 is 0.999. The normalized spacial score (nSPS) is 23.7. The highest BCUT2D eigenvalue weighted by atomic mass is 79.9. The number of nitrogens with zero attached hydrogens (tertiary/aromatic N) is 2. The van der Waals surface area contributed by atoms with E-state index in [-0.39, 0.29) is 0 Å². The summed E-state index contributed by atoms with van der Waals surface area (Å²) in [4.78, 5) is 15.4. The standard InChI is InChI=1S/C14H19BrN2O/c1-10-7-17(8-14(10)16(2)3)13-5-4-11(9-18)6-12(13)15/h4-6,9-10,14H,7-8H2,1-3H3. The van der Waals surface area contributed by atoms with Gasteiger partial charge in [0.2, 0.25) is 0 Å². The van der Waals surface area contributed by atoms with E-state index in [4.69, 9.17) is 0 Å². The lowest BCUT2D eigenvalue weighted by Crippen LogP contribution is -2.34. The van der Waals surface area contributed by atoms with Crippen LogP contribution >= 0.6 is 15.9 Å². The molecule has 3 nitrogen and oxygen atoms in total. The molecular formula is C14H19BrN2O. The molecule has 0 bridgehead atoms. The molecule has 1 aliphatic heterocycles. The minimum atomic E-state index is 0.586. The van der Waals surface area contributed by atoms with E-state index in [9.17, 15) is 4.79 Å². The highest BCUT2D eigenvalue weighted by Gasteiger charge is 2.31. The van der Waals surface area contributed by atoms with Crippen molar-refractivity contribution in [1.29, 1.82) is 0 Å². The molecule has 1 aromatic rings. The minimum Gasteiger partial charge on any atom is -0.369 e. The molecule has 1 saturated heterocycles. The van der Waals surface area contributed by atoms with Crippen molar-refractivity contribution in [3.8, 4) is 0 Å². The number of carbonyl (C=O) groups is 1. The largest absolute Gasteiger partial charge is 0.369 e. The molecule has 2 rings (SSSR count). The summed E-state index contributed by atoms with van der Waals surface area (Å²) in [6.07, 6.45) is 0.879. The number of carbonyl (C=O) groups excluding carboxylic acids is 1. The van der Waals surface area contributed by atoms with E-state index >= 15 is 0 Å². The molecule has 2 unspecified atom stereocenters. The third-order valence-electron chi connectivity index (χ3n) is 3.68. The molecule has 0 saturated carbocycles. The third kappa shape index (κ3) is 2.59.